The van der Waals surface area contributed by atoms with Gasteiger partial charge in [0.25, 0.3) is 5.56 Å². The predicted molar refractivity (Wildman–Crippen MR) is 128 cm³/mol. The van der Waals surface area contributed by atoms with E-state index in [-0.39, 0.29) is 29.2 Å². The summed E-state index contributed by atoms with van der Waals surface area (Å²) in [4.78, 5) is 44.0. The number of rotatable bonds is 7. The first kappa shape index (κ1) is 22.7. The van der Waals surface area contributed by atoms with Gasteiger partial charge in [0.2, 0.25) is 5.91 Å². The Morgan fingerprint density at radius 1 is 1.06 bits per heavy atom. The molecule has 4 aromatic rings. The van der Waals surface area contributed by atoms with Gasteiger partial charge in [0, 0.05) is 6.54 Å². The minimum absolute atomic E-state index is 0.202. The maximum Gasteiger partial charge on any atom is 0.333 e. The van der Waals surface area contributed by atoms with Gasteiger partial charge >= 0.3 is 5.69 Å². The van der Waals surface area contributed by atoms with E-state index in [0.717, 1.165) is 10.1 Å². The van der Waals surface area contributed by atoms with E-state index in [9.17, 15) is 19.6 Å². The Kier molecular flexibility index (Phi) is 6.41. The Bertz CT molecular complexity index is 1510. The Labute approximate surface area is 195 Å². The van der Waals surface area contributed by atoms with Crippen LogP contribution < -0.4 is 16.6 Å². The van der Waals surface area contributed by atoms with Crippen LogP contribution in [-0.4, -0.2) is 24.6 Å². The van der Waals surface area contributed by atoms with Crippen LogP contribution in [0.3, 0.4) is 0 Å². The third-order valence-electron chi connectivity index (χ3n) is 5.35. The lowest BCUT2D eigenvalue weighted by atomic mass is 10.2. The summed E-state index contributed by atoms with van der Waals surface area (Å²) in [6.07, 6.45) is 1.56. The van der Waals surface area contributed by atoms with Crippen LogP contribution in [0.25, 0.3) is 11.2 Å². The van der Waals surface area contributed by atoms with Crippen molar-refractivity contribution < 1.29 is 4.79 Å². The zero-order chi connectivity index (χ0) is 24.2. The lowest BCUT2D eigenvalue weighted by Gasteiger charge is -2.14. The molecule has 0 bridgehead atoms. The number of aromatic nitrogens is 4. The minimum atomic E-state index is -0.625. The number of para-hydroxylation sites is 1. The molecule has 0 unspecified atom stereocenters. The van der Waals surface area contributed by atoms with Gasteiger partial charge in [-0.15, -0.1) is 0 Å². The van der Waals surface area contributed by atoms with Crippen molar-refractivity contribution in [2.75, 3.05) is 5.32 Å². The lowest BCUT2D eigenvalue weighted by Crippen LogP contribution is -2.43. The fourth-order valence-corrected chi connectivity index (χ4v) is 3.84. The van der Waals surface area contributed by atoms with E-state index < -0.39 is 23.7 Å². The lowest BCUT2D eigenvalue weighted by molar-refractivity contribution is -0.116. The van der Waals surface area contributed by atoms with Gasteiger partial charge in [0.05, 0.1) is 24.1 Å². The van der Waals surface area contributed by atoms with Crippen molar-refractivity contribution in [1.82, 2.24) is 18.7 Å². The van der Waals surface area contributed by atoms with Crippen molar-refractivity contribution in [3.05, 3.63) is 92.9 Å². The van der Waals surface area contributed by atoms with Gasteiger partial charge in [-0.2, -0.15) is 5.26 Å². The van der Waals surface area contributed by atoms with E-state index >= 15 is 0 Å². The highest BCUT2D eigenvalue weighted by Gasteiger charge is 2.20. The number of fused-ring (bicyclic) bond motifs is 1. The second-order valence-corrected chi connectivity index (χ2v) is 8.41. The molecule has 0 aliphatic rings. The molecule has 1 amide bonds. The van der Waals surface area contributed by atoms with E-state index in [0.29, 0.717) is 12.2 Å². The Morgan fingerprint density at radius 3 is 2.47 bits per heavy atom. The van der Waals surface area contributed by atoms with E-state index in [1.807, 2.05) is 50.2 Å². The predicted octanol–water partition coefficient (Wildman–Crippen LogP) is 2.57. The average molecular weight is 457 g/mol. The summed E-state index contributed by atoms with van der Waals surface area (Å²) in [5.41, 5.74) is 0.821. The zero-order valence-corrected chi connectivity index (χ0v) is 18.9. The summed E-state index contributed by atoms with van der Waals surface area (Å²) >= 11 is 0. The molecule has 0 spiro atoms. The fourth-order valence-electron chi connectivity index (χ4n) is 3.84. The second-order valence-electron chi connectivity index (χ2n) is 8.41. The molecule has 4 rings (SSSR count). The monoisotopic (exact) mass is 456 g/mol. The van der Waals surface area contributed by atoms with Crippen molar-refractivity contribution in [2.24, 2.45) is 5.92 Å². The molecule has 0 atom stereocenters. The molecule has 2 aromatic heterocycles. The van der Waals surface area contributed by atoms with Crippen molar-refractivity contribution in [1.29, 1.82) is 5.26 Å². The van der Waals surface area contributed by atoms with Gasteiger partial charge in [-0.25, -0.2) is 14.3 Å². The van der Waals surface area contributed by atoms with Crippen LogP contribution in [0.4, 0.5) is 5.69 Å². The van der Waals surface area contributed by atoms with Crippen molar-refractivity contribution in [3.8, 4) is 6.07 Å². The van der Waals surface area contributed by atoms with E-state index in [1.165, 1.54) is 4.57 Å². The first-order valence-electron chi connectivity index (χ1n) is 10.9. The highest BCUT2D eigenvalue weighted by atomic mass is 16.2. The number of imidazole rings is 1. The van der Waals surface area contributed by atoms with Crippen LogP contribution in [0.1, 0.15) is 25.0 Å². The van der Waals surface area contributed by atoms with E-state index in [4.69, 9.17) is 0 Å². The zero-order valence-electron chi connectivity index (χ0n) is 18.9. The number of anilines is 1. The molecule has 0 saturated heterocycles. The van der Waals surface area contributed by atoms with Crippen LogP contribution in [0.5, 0.6) is 0 Å². The summed E-state index contributed by atoms with van der Waals surface area (Å²) in [5, 5.41) is 11.9. The number of benzene rings is 2. The number of amides is 1. The topological polar surface area (TPSA) is 115 Å². The van der Waals surface area contributed by atoms with Gasteiger partial charge < -0.3 is 9.88 Å². The normalized spacial score (nSPS) is 11.0. The average Bonchev–Trinajstić information content (AvgIpc) is 3.23. The quantitative estimate of drug-likeness (QED) is 0.459. The van der Waals surface area contributed by atoms with Crippen LogP contribution in [0, 0.1) is 17.2 Å². The molecule has 2 heterocycles. The molecule has 0 radical (unpaired) electrons. The number of hydrogen-bond donors (Lipinski definition) is 1. The summed E-state index contributed by atoms with van der Waals surface area (Å²) in [5.74, 6) is -0.340. The van der Waals surface area contributed by atoms with Crippen molar-refractivity contribution >= 4 is 22.8 Å². The highest BCUT2D eigenvalue weighted by molar-refractivity contribution is 5.92. The molecule has 9 nitrogen and oxygen atoms in total. The molecule has 34 heavy (non-hydrogen) atoms. The number of nitrogens with one attached hydrogen (secondary N) is 1. The van der Waals surface area contributed by atoms with Crippen molar-refractivity contribution in [2.45, 2.75) is 33.5 Å². The molecule has 172 valence electrons. The number of carbonyl (C=O) groups is 1. The van der Waals surface area contributed by atoms with Crippen molar-refractivity contribution in [3.63, 3.8) is 0 Å². The Hall–Kier alpha value is -4.45. The number of carbonyl (C=O) groups excluding carboxylic acids is 1. The SMILES string of the molecule is CC(C)Cn1cnc2c1c(=O)n(CC(=O)Nc1ccccc1C#N)c(=O)n2Cc1ccccc1. The summed E-state index contributed by atoms with van der Waals surface area (Å²) in [7, 11) is 0. The van der Waals surface area contributed by atoms with Crippen LogP contribution in [0.2, 0.25) is 0 Å². The summed E-state index contributed by atoms with van der Waals surface area (Å²) < 4.78 is 4.07. The first-order chi connectivity index (χ1) is 16.4. The molecule has 0 saturated carbocycles. The van der Waals surface area contributed by atoms with Gasteiger partial charge in [-0.1, -0.05) is 56.3 Å². The van der Waals surface area contributed by atoms with Gasteiger partial charge in [-0.3, -0.25) is 14.2 Å². The van der Waals surface area contributed by atoms with Crippen LogP contribution in [-0.2, 0) is 24.4 Å². The van der Waals surface area contributed by atoms with Gasteiger partial charge in [0.1, 0.15) is 12.6 Å². The van der Waals surface area contributed by atoms with E-state index in [1.54, 1.807) is 35.2 Å². The molecule has 0 aliphatic heterocycles. The highest BCUT2D eigenvalue weighted by Crippen LogP contribution is 2.14. The molecule has 0 fully saturated rings. The molecule has 0 aliphatic carbocycles. The number of hydrogen-bond acceptors (Lipinski definition) is 5. The fraction of sp³-hybridized carbons (Fsp3) is 0.240. The maximum absolute atomic E-state index is 13.4. The molecule has 2 aromatic carbocycles. The minimum Gasteiger partial charge on any atom is -0.324 e. The summed E-state index contributed by atoms with van der Waals surface area (Å²) in [6, 6.07) is 17.9. The number of nitriles is 1. The third kappa shape index (κ3) is 4.52. The molecule has 9 heteroatoms. The molecular formula is C25H24N6O3. The Morgan fingerprint density at radius 2 is 1.76 bits per heavy atom. The van der Waals surface area contributed by atoms with Gasteiger partial charge in [-0.05, 0) is 23.6 Å². The van der Waals surface area contributed by atoms with E-state index in [2.05, 4.69) is 10.3 Å². The molecular weight excluding hydrogens is 432 g/mol. The van der Waals surface area contributed by atoms with Crippen LogP contribution in [0.15, 0.2) is 70.5 Å². The standard InChI is InChI=1S/C25H24N6O3/c1-17(2)13-29-16-27-23-22(29)24(33)31(25(34)30(23)14-18-8-4-3-5-9-18)15-21(32)28-20-11-7-6-10-19(20)12-26/h3-11,16-17H,13-15H2,1-2H3,(H,28,32). The number of nitrogens with zero attached hydrogens (tertiary/aromatic N) is 5. The second kappa shape index (κ2) is 9.58. The summed E-state index contributed by atoms with van der Waals surface area (Å²) in [6.45, 7) is 4.29. The smallest absolute Gasteiger partial charge is 0.324 e. The first-order valence-corrected chi connectivity index (χ1v) is 10.9. The third-order valence-corrected chi connectivity index (χ3v) is 5.35. The van der Waals surface area contributed by atoms with Crippen LogP contribution >= 0.6 is 0 Å². The molecule has 1 N–H and O–H groups in total. The van der Waals surface area contributed by atoms with Gasteiger partial charge in [0.15, 0.2) is 11.2 Å². The largest absolute Gasteiger partial charge is 0.333 e. The maximum atomic E-state index is 13.4. The Balaban J connectivity index is 1.80.